The third kappa shape index (κ3) is 6.47. The van der Waals surface area contributed by atoms with Crippen LogP contribution in [0.15, 0.2) is 249 Å². The number of rotatable bonds is 3. The van der Waals surface area contributed by atoms with E-state index in [4.69, 9.17) is 0 Å². The average molecular weight is 967 g/mol. The molecule has 17 aromatic rings. The van der Waals surface area contributed by atoms with Gasteiger partial charge in [-0.15, -0.1) is 0 Å². The third-order valence-electron chi connectivity index (χ3n) is 16.7. The minimum atomic E-state index is 0.160. The number of fused-ring (bicyclic) bond motifs is 16. The molecule has 76 heavy (non-hydrogen) atoms. The first kappa shape index (κ1) is 43.0. The van der Waals surface area contributed by atoms with E-state index in [1.54, 1.807) is 0 Å². The molecule has 13 aromatic carbocycles. The SMILES string of the molecule is CC(C)(C)c1ccc(-c2ccc3cc4c5cccc6c7cc8ccccc8cc7n(c4cc3c2)c65)cc1.c1ccc(-c2ccc(-c3ccc4cc5c6cccc7c8cc9ccccc9cc8n(c5cc4c3)c76)cc2)cc1. The van der Waals surface area contributed by atoms with Crippen molar-refractivity contribution in [2.24, 2.45) is 0 Å². The molecule has 17 rings (SSSR count). The van der Waals surface area contributed by atoms with Gasteiger partial charge in [0.2, 0.25) is 0 Å². The van der Waals surface area contributed by atoms with Crippen molar-refractivity contribution < 1.29 is 0 Å². The van der Waals surface area contributed by atoms with E-state index in [1.807, 2.05) is 0 Å². The molecule has 0 aliphatic heterocycles. The van der Waals surface area contributed by atoms with Crippen molar-refractivity contribution >= 4 is 119 Å². The van der Waals surface area contributed by atoms with Gasteiger partial charge < -0.3 is 8.80 Å². The van der Waals surface area contributed by atoms with Gasteiger partial charge in [0.1, 0.15) is 0 Å². The maximum atomic E-state index is 2.49. The van der Waals surface area contributed by atoms with E-state index in [9.17, 15) is 0 Å². The van der Waals surface area contributed by atoms with Gasteiger partial charge in [-0.1, -0.05) is 209 Å². The molecule has 0 atom stereocenters. The maximum absolute atomic E-state index is 2.49. The van der Waals surface area contributed by atoms with Crippen molar-refractivity contribution in [3.8, 4) is 33.4 Å². The zero-order chi connectivity index (χ0) is 50.4. The molecule has 0 N–H and O–H groups in total. The second-order valence-corrected chi connectivity index (χ2v) is 22.1. The topological polar surface area (TPSA) is 8.82 Å². The fourth-order valence-electron chi connectivity index (χ4n) is 12.8. The molecule has 0 spiro atoms. The Kier molecular flexibility index (Phi) is 9.04. The lowest BCUT2D eigenvalue weighted by atomic mass is 9.86. The number of nitrogens with zero attached hydrogens (tertiary/aromatic N) is 2. The van der Waals surface area contributed by atoms with Gasteiger partial charge in [-0.25, -0.2) is 0 Å². The van der Waals surface area contributed by atoms with Crippen molar-refractivity contribution in [1.29, 1.82) is 0 Å². The fourth-order valence-corrected chi connectivity index (χ4v) is 12.8. The van der Waals surface area contributed by atoms with Crippen LogP contribution < -0.4 is 0 Å². The molecule has 0 amide bonds. The molecule has 0 aliphatic carbocycles. The highest BCUT2D eigenvalue weighted by atomic mass is 14.9. The Morgan fingerprint density at radius 1 is 0.224 bits per heavy atom. The van der Waals surface area contributed by atoms with Crippen LogP contribution in [0.5, 0.6) is 0 Å². The Balaban J connectivity index is 0.000000128. The first-order chi connectivity index (χ1) is 37.3. The van der Waals surface area contributed by atoms with Gasteiger partial charge in [0.05, 0.1) is 33.1 Å². The van der Waals surface area contributed by atoms with Crippen LogP contribution in [0.4, 0.5) is 0 Å². The molecule has 0 saturated heterocycles. The summed E-state index contributed by atoms with van der Waals surface area (Å²) < 4.78 is 4.98. The lowest BCUT2D eigenvalue weighted by molar-refractivity contribution is 0.590. The van der Waals surface area contributed by atoms with Crippen molar-refractivity contribution in [3.63, 3.8) is 0 Å². The summed E-state index contributed by atoms with van der Waals surface area (Å²) in [5, 5.41) is 20.8. The van der Waals surface area contributed by atoms with Crippen molar-refractivity contribution in [2.75, 3.05) is 0 Å². The summed E-state index contributed by atoms with van der Waals surface area (Å²) in [5.74, 6) is 0. The maximum Gasteiger partial charge on any atom is 0.0620 e. The lowest BCUT2D eigenvalue weighted by Crippen LogP contribution is -2.10. The van der Waals surface area contributed by atoms with Gasteiger partial charge >= 0.3 is 0 Å². The van der Waals surface area contributed by atoms with Crippen LogP contribution in [0.25, 0.3) is 153 Å². The molecule has 0 aliphatic rings. The second kappa shape index (κ2) is 16.0. The summed E-state index contributed by atoms with van der Waals surface area (Å²) in [5.41, 5.74) is 16.8. The Morgan fingerprint density at radius 2 is 0.526 bits per heavy atom. The van der Waals surface area contributed by atoms with E-state index in [1.165, 1.54) is 158 Å². The molecule has 0 fully saturated rings. The van der Waals surface area contributed by atoms with Gasteiger partial charge in [-0.05, 0) is 148 Å². The molecule has 0 saturated carbocycles. The van der Waals surface area contributed by atoms with Crippen molar-refractivity contribution in [3.05, 3.63) is 254 Å². The summed E-state index contributed by atoms with van der Waals surface area (Å²) in [4.78, 5) is 0. The Bertz CT molecular complexity index is 5160. The predicted octanol–water partition coefficient (Wildman–Crippen LogP) is 20.6. The molecule has 2 nitrogen and oxygen atoms in total. The summed E-state index contributed by atoms with van der Waals surface area (Å²) in [6, 6.07) is 92.2. The summed E-state index contributed by atoms with van der Waals surface area (Å²) >= 11 is 0. The van der Waals surface area contributed by atoms with Crippen LogP contribution >= 0.6 is 0 Å². The van der Waals surface area contributed by atoms with E-state index in [-0.39, 0.29) is 5.41 Å². The van der Waals surface area contributed by atoms with E-state index >= 15 is 0 Å². The van der Waals surface area contributed by atoms with Gasteiger partial charge in [0, 0.05) is 43.1 Å². The van der Waals surface area contributed by atoms with Gasteiger partial charge in [-0.3, -0.25) is 0 Å². The van der Waals surface area contributed by atoms with Gasteiger partial charge in [-0.2, -0.15) is 0 Å². The van der Waals surface area contributed by atoms with Crippen LogP contribution in [-0.4, -0.2) is 8.80 Å². The smallest absolute Gasteiger partial charge is 0.0620 e. The predicted molar refractivity (Wildman–Crippen MR) is 327 cm³/mol. The molecule has 0 bridgehead atoms. The summed E-state index contributed by atoms with van der Waals surface area (Å²) in [7, 11) is 0. The zero-order valence-corrected chi connectivity index (χ0v) is 42.6. The van der Waals surface area contributed by atoms with Crippen LogP contribution in [0.3, 0.4) is 0 Å². The molecule has 356 valence electrons. The molecular weight excluding hydrogens is 917 g/mol. The zero-order valence-electron chi connectivity index (χ0n) is 42.6. The fraction of sp³-hybridized carbons (Fsp3) is 0.0541. The first-order valence-electron chi connectivity index (χ1n) is 26.6. The number of para-hydroxylation sites is 2. The molecule has 0 radical (unpaired) electrons. The van der Waals surface area contributed by atoms with Crippen LogP contribution in [0.2, 0.25) is 0 Å². The highest BCUT2D eigenvalue weighted by molar-refractivity contribution is 6.27. The van der Waals surface area contributed by atoms with Crippen LogP contribution in [0, 0.1) is 0 Å². The van der Waals surface area contributed by atoms with E-state index < -0.39 is 0 Å². The largest absolute Gasteiger partial charge is 0.308 e. The van der Waals surface area contributed by atoms with Gasteiger partial charge in [0.15, 0.2) is 0 Å². The molecule has 4 heterocycles. The summed E-state index contributed by atoms with van der Waals surface area (Å²) in [6.45, 7) is 6.80. The monoisotopic (exact) mass is 966 g/mol. The molecule has 4 aromatic heterocycles. The lowest BCUT2D eigenvalue weighted by Gasteiger charge is -2.19. The highest BCUT2D eigenvalue weighted by Gasteiger charge is 2.21. The van der Waals surface area contributed by atoms with Gasteiger partial charge in [0.25, 0.3) is 0 Å². The second-order valence-electron chi connectivity index (χ2n) is 22.1. The van der Waals surface area contributed by atoms with Crippen molar-refractivity contribution in [1.82, 2.24) is 8.80 Å². The minimum absolute atomic E-state index is 0.160. The van der Waals surface area contributed by atoms with Crippen molar-refractivity contribution in [2.45, 2.75) is 26.2 Å². The van der Waals surface area contributed by atoms with E-state index in [2.05, 4.69) is 278 Å². The number of benzene rings is 13. The Morgan fingerprint density at radius 3 is 0.921 bits per heavy atom. The number of aromatic nitrogens is 2. The summed E-state index contributed by atoms with van der Waals surface area (Å²) in [6.07, 6.45) is 0. The molecular formula is C74H50N2. The number of hydrogen-bond acceptors (Lipinski definition) is 0. The molecule has 0 unspecified atom stereocenters. The average Bonchev–Trinajstić information content (AvgIpc) is 4.36. The Hall–Kier alpha value is -9.50. The standard InChI is InChI=1S/C38H23N.C36H27N/c1-2-7-24(8-3-1)25-13-15-26(16-14-25)29-17-18-30-21-35-33-12-6-11-32-34-20-27-9-4-5-10-28(27)22-36(34)39(38(32)33)37(35)23-31(30)19-29;1-36(2,3)28-15-13-22(14-16-28)25-11-12-26-19-32-30-10-6-9-29-31-18-23-7-4-5-8-24(23)20-33(31)37(35(29)30)34(32)21-27(26)17-25/h1-23H;4-21H,1-3H3. The molecule has 2 heteroatoms. The highest BCUT2D eigenvalue weighted by Crippen LogP contribution is 2.44. The van der Waals surface area contributed by atoms with Crippen LogP contribution in [-0.2, 0) is 5.41 Å². The van der Waals surface area contributed by atoms with E-state index in [0.717, 1.165) is 0 Å². The normalized spacial score (nSPS) is 12.4. The minimum Gasteiger partial charge on any atom is -0.308 e. The number of hydrogen-bond donors (Lipinski definition) is 0. The van der Waals surface area contributed by atoms with Crippen LogP contribution in [0.1, 0.15) is 26.3 Å². The van der Waals surface area contributed by atoms with E-state index in [0.29, 0.717) is 0 Å². The Labute approximate surface area is 439 Å². The first-order valence-corrected chi connectivity index (χ1v) is 26.6. The third-order valence-corrected chi connectivity index (χ3v) is 16.7. The quantitative estimate of drug-likeness (QED) is 0.167.